The van der Waals surface area contributed by atoms with Crippen molar-refractivity contribution in [2.75, 3.05) is 12.3 Å². The zero-order valence-electron chi connectivity index (χ0n) is 10.3. The molecule has 3 N–H and O–H groups in total. The lowest BCUT2D eigenvalue weighted by Crippen LogP contribution is -2.31. The minimum Gasteiger partial charge on any atom is -0.492 e. The zero-order chi connectivity index (χ0) is 13.8. The summed E-state index contributed by atoms with van der Waals surface area (Å²) in [5.74, 6) is 2.55. The van der Waals surface area contributed by atoms with E-state index >= 15 is 0 Å². The maximum atomic E-state index is 12.1. The Labute approximate surface area is 107 Å². The van der Waals surface area contributed by atoms with Crippen LogP contribution in [0.25, 0.3) is 0 Å². The Kier molecular flexibility index (Phi) is 4.59. The molecule has 0 spiro atoms. The van der Waals surface area contributed by atoms with Crippen molar-refractivity contribution in [1.82, 2.24) is 4.72 Å². The Bertz CT molecular complexity index is 561. The molecule has 0 heterocycles. The second kappa shape index (κ2) is 5.76. The van der Waals surface area contributed by atoms with Gasteiger partial charge in [-0.3, -0.25) is 0 Å². The molecule has 1 atom stereocenters. The third kappa shape index (κ3) is 3.39. The maximum Gasteiger partial charge on any atom is 0.245 e. The zero-order valence-corrected chi connectivity index (χ0v) is 11.1. The van der Waals surface area contributed by atoms with Crippen LogP contribution in [0.1, 0.15) is 13.8 Å². The van der Waals surface area contributed by atoms with E-state index in [2.05, 4.69) is 10.6 Å². The van der Waals surface area contributed by atoms with Crippen molar-refractivity contribution in [2.24, 2.45) is 0 Å². The molecule has 0 saturated carbocycles. The van der Waals surface area contributed by atoms with Crippen LogP contribution in [0.15, 0.2) is 23.1 Å². The molecule has 0 fully saturated rings. The standard InChI is InChI=1S/C12H16N2O3S/c1-4-9(3)14-18(15,16)12-8-10(13)6-7-11(12)17-5-2/h1,6-9,14H,5,13H2,2-3H3. The fourth-order valence-electron chi connectivity index (χ4n) is 1.34. The topological polar surface area (TPSA) is 81.4 Å². The number of nitrogen functional groups attached to an aromatic ring is 1. The predicted octanol–water partition coefficient (Wildman–Crippen LogP) is 0.967. The second-order valence-corrected chi connectivity index (χ2v) is 5.33. The molecule has 0 aliphatic rings. The lowest BCUT2D eigenvalue weighted by Gasteiger charge is -2.13. The minimum absolute atomic E-state index is 0.00792. The lowest BCUT2D eigenvalue weighted by atomic mass is 10.3. The summed E-state index contributed by atoms with van der Waals surface area (Å²) in [6.07, 6.45) is 5.15. The van der Waals surface area contributed by atoms with E-state index in [-0.39, 0.29) is 10.6 Å². The van der Waals surface area contributed by atoms with Gasteiger partial charge >= 0.3 is 0 Å². The minimum atomic E-state index is -3.74. The van der Waals surface area contributed by atoms with Gasteiger partial charge in [-0.05, 0) is 32.0 Å². The van der Waals surface area contributed by atoms with E-state index in [4.69, 9.17) is 16.9 Å². The molecule has 0 bridgehead atoms. The Morgan fingerprint density at radius 3 is 2.78 bits per heavy atom. The van der Waals surface area contributed by atoms with Gasteiger partial charge in [-0.25, -0.2) is 8.42 Å². The summed E-state index contributed by atoms with van der Waals surface area (Å²) in [5, 5.41) is 0. The normalized spacial score (nSPS) is 12.7. The van der Waals surface area contributed by atoms with Crippen LogP contribution in [0.2, 0.25) is 0 Å². The molecule has 0 radical (unpaired) electrons. The number of benzene rings is 1. The van der Waals surface area contributed by atoms with Gasteiger partial charge in [0.1, 0.15) is 10.6 Å². The first-order valence-electron chi connectivity index (χ1n) is 5.41. The number of sulfonamides is 1. The van der Waals surface area contributed by atoms with Crippen LogP contribution in [0.5, 0.6) is 5.75 Å². The first kappa shape index (κ1) is 14.4. The Balaban J connectivity index is 3.22. The Morgan fingerprint density at radius 2 is 2.22 bits per heavy atom. The molecule has 1 aromatic carbocycles. The molecule has 5 nitrogen and oxygen atoms in total. The number of ether oxygens (including phenoxy) is 1. The lowest BCUT2D eigenvalue weighted by molar-refractivity contribution is 0.331. The summed E-state index contributed by atoms with van der Waals surface area (Å²) in [4.78, 5) is -0.00792. The van der Waals surface area contributed by atoms with Gasteiger partial charge in [0.2, 0.25) is 10.0 Å². The van der Waals surface area contributed by atoms with Crippen molar-refractivity contribution < 1.29 is 13.2 Å². The average Bonchev–Trinajstić information content (AvgIpc) is 2.31. The van der Waals surface area contributed by atoms with Crippen molar-refractivity contribution in [1.29, 1.82) is 0 Å². The molecule has 0 saturated heterocycles. The van der Waals surface area contributed by atoms with Gasteiger partial charge in [0.15, 0.2) is 0 Å². The summed E-state index contributed by atoms with van der Waals surface area (Å²) in [5.41, 5.74) is 5.94. The fourth-order valence-corrected chi connectivity index (χ4v) is 2.68. The van der Waals surface area contributed by atoms with Crippen molar-refractivity contribution in [3.05, 3.63) is 18.2 Å². The SMILES string of the molecule is C#CC(C)NS(=O)(=O)c1cc(N)ccc1OCC. The summed E-state index contributed by atoms with van der Waals surface area (Å²) in [6, 6.07) is 3.84. The predicted molar refractivity (Wildman–Crippen MR) is 70.6 cm³/mol. The first-order chi connectivity index (χ1) is 8.40. The molecule has 0 aliphatic heterocycles. The monoisotopic (exact) mass is 268 g/mol. The molecular formula is C12H16N2O3S. The van der Waals surface area contributed by atoms with Crippen LogP contribution < -0.4 is 15.2 Å². The highest BCUT2D eigenvalue weighted by Crippen LogP contribution is 2.26. The third-order valence-corrected chi connectivity index (χ3v) is 3.70. The number of nitrogens with two attached hydrogens (primary N) is 1. The average molecular weight is 268 g/mol. The van der Waals surface area contributed by atoms with E-state index in [0.29, 0.717) is 12.3 Å². The largest absolute Gasteiger partial charge is 0.492 e. The van der Waals surface area contributed by atoms with Crippen LogP contribution >= 0.6 is 0 Å². The Hall–Kier alpha value is -1.71. The van der Waals surface area contributed by atoms with E-state index < -0.39 is 16.1 Å². The van der Waals surface area contributed by atoms with Gasteiger partial charge in [0.25, 0.3) is 0 Å². The summed E-state index contributed by atoms with van der Waals surface area (Å²) in [6.45, 7) is 3.70. The number of hydrogen-bond acceptors (Lipinski definition) is 4. The van der Waals surface area contributed by atoms with Crippen LogP contribution in [-0.4, -0.2) is 21.1 Å². The van der Waals surface area contributed by atoms with E-state index in [1.807, 2.05) is 0 Å². The third-order valence-electron chi connectivity index (χ3n) is 2.14. The van der Waals surface area contributed by atoms with Gasteiger partial charge < -0.3 is 10.5 Å². The number of nitrogens with one attached hydrogen (secondary N) is 1. The summed E-state index contributed by atoms with van der Waals surface area (Å²) < 4.78 is 31.8. The molecule has 1 rings (SSSR count). The molecule has 98 valence electrons. The van der Waals surface area contributed by atoms with Gasteiger partial charge in [-0.15, -0.1) is 6.42 Å². The fraction of sp³-hybridized carbons (Fsp3) is 0.333. The molecule has 1 aromatic rings. The maximum absolute atomic E-state index is 12.1. The van der Waals surface area contributed by atoms with Gasteiger partial charge in [0.05, 0.1) is 12.6 Å². The van der Waals surface area contributed by atoms with E-state index in [0.717, 1.165) is 0 Å². The van der Waals surface area contributed by atoms with E-state index in [1.54, 1.807) is 19.9 Å². The molecule has 0 aromatic heterocycles. The first-order valence-corrected chi connectivity index (χ1v) is 6.89. The molecule has 18 heavy (non-hydrogen) atoms. The summed E-state index contributed by atoms with van der Waals surface area (Å²) >= 11 is 0. The quantitative estimate of drug-likeness (QED) is 0.616. The van der Waals surface area contributed by atoms with Crippen LogP contribution in [0.3, 0.4) is 0 Å². The number of rotatable bonds is 5. The van der Waals surface area contributed by atoms with E-state index in [1.165, 1.54) is 12.1 Å². The summed E-state index contributed by atoms with van der Waals surface area (Å²) in [7, 11) is -3.74. The van der Waals surface area contributed by atoms with Crippen molar-refractivity contribution in [3.8, 4) is 18.1 Å². The van der Waals surface area contributed by atoms with Crippen LogP contribution in [0.4, 0.5) is 5.69 Å². The van der Waals surface area contributed by atoms with Crippen molar-refractivity contribution in [3.63, 3.8) is 0 Å². The number of anilines is 1. The van der Waals surface area contributed by atoms with Gasteiger partial charge in [0, 0.05) is 5.69 Å². The van der Waals surface area contributed by atoms with Gasteiger partial charge in [-0.2, -0.15) is 4.72 Å². The molecule has 1 unspecified atom stereocenters. The van der Waals surface area contributed by atoms with E-state index in [9.17, 15) is 8.42 Å². The highest BCUT2D eigenvalue weighted by atomic mass is 32.2. The smallest absolute Gasteiger partial charge is 0.245 e. The highest BCUT2D eigenvalue weighted by molar-refractivity contribution is 7.89. The molecule has 0 amide bonds. The van der Waals surface area contributed by atoms with Crippen LogP contribution in [-0.2, 0) is 10.0 Å². The molecule has 6 heteroatoms. The highest BCUT2D eigenvalue weighted by Gasteiger charge is 2.21. The molecular weight excluding hydrogens is 252 g/mol. The number of hydrogen-bond donors (Lipinski definition) is 2. The Morgan fingerprint density at radius 1 is 1.56 bits per heavy atom. The van der Waals surface area contributed by atoms with Crippen LogP contribution in [0, 0.1) is 12.3 Å². The second-order valence-electron chi connectivity index (χ2n) is 3.65. The molecule has 0 aliphatic carbocycles. The van der Waals surface area contributed by atoms with Gasteiger partial charge in [-0.1, -0.05) is 5.92 Å². The number of terminal acetylenes is 1. The van der Waals surface area contributed by atoms with Crippen molar-refractivity contribution >= 4 is 15.7 Å². The van der Waals surface area contributed by atoms with Crippen molar-refractivity contribution in [2.45, 2.75) is 24.8 Å².